The van der Waals surface area contributed by atoms with Gasteiger partial charge in [0.25, 0.3) is 0 Å². The molecule has 1 fully saturated rings. The zero-order valence-corrected chi connectivity index (χ0v) is 20.1. The van der Waals surface area contributed by atoms with Crippen molar-refractivity contribution >= 4 is 33.0 Å². The highest BCUT2D eigenvalue weighted by molar-refractivity contribution is 7.89. The molecule has 1 aliphatic rings. The highest BCUT2D eigenvalue weighted by Crippen LogP contribution is 2.27. The van der Waals surface area contributed by atoms with Gasteiger partial charge in [0, 0.05) is 30.7 Å². The van der Waals surface area contributed by atoms with Crippen molar-refractivity contribution < 1.29 is 13.2 Å². The third kappa shape index (κ3) is 6.35. The highest BCUT2D eigenvalue weighted by Gasteiger charge is 2.28. The zero-order chi connectivity index (χ0) is 22.4. The Morgan fingerprint density at radius 3 is 2.45 bits per heavy atom. The highest BCUT2D eigenvalue weighted by atomic mass is 32.2. The van der Waals surface area contributed by atoms with Gasteiger partial charge < -0.3 is 5.32 Å². The lowest BCUT2D eigenvalue weighted by Crippen LogP contribution is -2.38. The fraction of sp³-hybridized carbons (Fsp3) is 0.545. The van der Waals surface area contributed by atoms with E-state index in [2.05, 4.69) is 17.2 Å². The van der Waals surface area contributed by atoms with Crippen LogP contribution in [0.3, 0.4) is 0 Å². The van der Waals surface area contributed by atoms with E-state index in [-0.39, 0.29) is 23.4 Å². The minimum absolute atomic E-state index is 0.0692. The van der Waals surface area contributed by atoms with Crippen LogP contribution in [0.5, 0.6) is 0 Å². The first-order chi connectivity index (χ1) is 14.8. The molecule has 0 atom stereocenters. The summed E-state index contributed by atoms with van der Waals surface area (Å²) in [6.07, 6.45) is 6.07. The normalized spacial score (nSPS) is 15.5. The third-order valence-corrected chi connectivity index (χ3v) is 8.62. The van der Waals surface area contributed by atoms with Crippen LogP contribution in [0, 0.1) is 0 Å². The number of aromatic nitrogens is 1. The number of anilines is 1. The van der Waals surface area contributed by atoms with E-state index >= 15 is 0 Å². The number of thiazole rings is 1. The van der Waals surface area contributed by atoms with Crippen molar-refractivity contribution in [2.24, 2.45) is 0 Å². The number of carbonyl (C=O) groups excluding carboxylic acids is 1. The predicted octanol–water partition coefficient (Wildman–Crippen LogP) is 3.73. The molecule has 31 heavy (non-hydrogen) atoms. The summed E-state index contributed by atoms with van der Waals surface area (Å²) in [5.41, 5.74) is 1.55. The van der Waals surface area contributed by atoms with E-state index in [4.69, 9.17) is 0 Å². The molecule has 0 radical (unpaired) electrons. The first-order valence-corrected chi connectivity index (χ1v) is 13.1. The molecule has 1 aromatic carbocycles. The molecule has 170 valence electrons. The minimum atomic E-state index is -3.53. The Hall–Kier alpha value is -1.81. The van der Waals surface area contributed by atoms with Crippen molar-refractivity contribution in [3.8, 4) is 0 Å². The Morgan fingerprint density at radius 1 is 1.16 bits per heavy atom. The van der Waals surface area contributed by atoms with Gasteiger partial charge in [0.05, 0.1) is 22.1 Å². The van der Waals surface area contributed by atoms with Crippen molar-refractivity contribution in [1.82, 2.24) is 14.2 Å². The lowest BCUT2D eigenvalue weighted by molar-refractivity contribution is -0.117. The number of hydrogen-bond acceptors (Lipinski definition) is 6. The molecule has 0 bridgehead atoms. The van der Waals surface area contributed by atoms with Crippen LogP contribution >= 0.6 is 11.3 Å². The Balaban J connectivity index is 1.54. The standard InChI is InChI=1S/C22H32N4O3S2/c1-4-22-24-18(16-30-22)14-25(2)15-21(27)23-17-10-12-20(13-11-17)31(28,29)26(3)19-8-6-5-7-9-19/h10-13,16,19H,4-9,14-15H2,1-3H3,(H,23,27). The Bertz CT molecular complexity index is 967. The van der Waals surface area contributed by atoms with E-state index in [1.807, 2.05) is 17.3 Å². The van der Waals surface area contributed by atoms with Crippen LogP contribution in [0.4, 0.5) is 5.69 Å². The molecular formula is C22H32N4O3S2. The number of rotatable bonds is 9. The van der Waals surface area contributed by atoms with Crippen LogP contribution in [0.2, 0.25) is 0 Å². The molecule has 3 rings (SSSR count). The van der Waals surface area contributed by atoms with E-state index in [9.17, 15) is 13.2 Å². The molecule has 1 amide bonds. The van der Waals surface area contributed by atoms with Crippen LogP contribution in [0.25, 0.3) is 0 Å². The maximum Gasteiger partial charge on any atom is 0.243 e. The van der Waals surface area contributed by atoms with Crippen molar-refractivity contribution in [1.29, 1.82) is 0 Å². The quantitative estimate of drug-likeness (QED) is 0.611. The van der Waals surface area contributed by atoms with Crippen molar-refractivity contribution in [2.75, 3.05) is 26.0 Å². The molecule has 1 aliphatic carbocycles. The summed E-state index contributed by atoms with van der Waals surface area (Å²) in [7, 11) is 0.0143. The smallest absolute Gasteiger partial charge is 0.243 e. The summed E-state index contributed by atoms with van der Waals surface area (Å²) in [4.78, 5) is 19.1. The number of sulfonamides is 1. The number of amides is 1. The summed E-state index contributed by atoms with van der Waals surface area (Å²) in [6, 6.07) is 6.49. The summed E-state index contributed by atoms with van der Waals surface area (Å²) >= 11 is 1.64. The first-order valence-electron chi connectivity index (χ1n) is 10.8. The van der Waals surface area contributed by atoms with E-state index in [0.29, 0.717) is 12.2 Å². The van der Waals surface area contributed by atoms with Gasteiger partial charge in [-0.25, -0.2) is 13.4 Å². The Morgan fingerprint density at radius 2 is 1.84 bits per heavy atom. The van der Waals surface area contributed by atoms with Crippen LogP contribution < -0.4 is 5.32 Å². The number of aryl methyl sites for hydroxylation is 1. The van der Waals surface area contributed by atoms with Gasteiger partial charge in [-0.15, -0.1) is 11.3 Å². The number of nitrogens with zero attached hydrogens (tertiary/aromatic N) is 3. The Labute approximate surface area is 189 Å². The number of nitrogens with one attached hydrogen (secondary N) is 1. The molecule has 0 saturated heterocycles. The molecule has 2 aromatic rings. The van der Waals surface area contributed by atoms with Gasteiger partial charge in [-0.05, 0) is 50.6 Å². The van der Waals surface area contributed by atoms with Gasteiger partial charge in [-0.1, -0.05) is 26.2 Å². The van der Waals surface area contributed by atoms with Crippen molar-refractivity contribution in [3.05, 3.63) is 40.3 Å². The van der Waals surface area contributed by atoms with Crippen LogP contribution in [-0.4, -0.2) is 55.2 Å². The van der Waals surface area contributed by atoms with Crippen molar-refractivity contribution in [2.45, 2.75) is 62.9 Å². The number of hydrogen-bond donors (Lipinski definition) is 1. The van der Waals surface area contributed by atoms with E-state index in [0.717, 1.165) is 42.8 Å². The summed E-state index contributed by atoms with van der Waals surface area (Å²) < 4.78 is 27.4. The van der Waals surface area contributed by atoms with Gasteiger partial charge in [0.15, 0.2) is 0 Å². The molecule has 1 saturated carbocycles. The van der Waals surface area contributed by atoms with Gasteiger partial charge >= 0.3 is 0 Å². The molecule has 9 heteroatoms. The lowest BCUT2D eigenvalue weighted by atomic mass is 9.96. The van der Waals surface area contributed by atoms with Gasteiger partial charge in [-0.2, -0.15) is 4.31 Å². The number of likely N-dealkylation sites (N-methyl/N-ethyl adjacent to an activating group) is 1. The van der Waals surface area contributed by atoms with Crippen LogP contribution in [0.15, 0.2) is 34.5 Å². The SMILES string of the molecule is CCc1nc(CN(C)CC(=O)Nc2ccc(S(=O)(=O)N(C)C3CCCCC3)cc2)cs1. The average molecular weight is 465 g/mol. The Kier molecular flexibility index (Phi) is 8.21. The largest absolute Gasteiger partial charge is 0.325 e. The summed E-state index contributed by atoms with van der Waals surface area (Å²) in [6.45, 7) is 2.91. The second-order valence-corrected chi connectivity index (χ2v) is 11.1. The zero-order valence-electron chi connectivity index (χ0n) is 18.5. The van der Waals surface area contributed by atoms with Gasteiger partial charge in [0.1, 0.15) is 0 Å². The lowest BCUT2D eigenvalue weighted by Gasteiger charge is -2.30. The maximum atomic E-state index is 12.9. The van der Waals surface area contributed by atoms with Crippen molar-refractivity contribution in [3.63, 3.8) is 0 Å². The molecular weight excluding hydrogens is 432 g/mol. The molecule has 0 spiro atoms. The van der Waals surface area contributed by atoms with Crippen LogP contribution in [-0.2, 0) is 27.8 Å². The predicted molar refractivity (Wildman–Crippen MR) is 125 cm³/mol. The third-order valence-electron chi connectivity index (χ3n) is 5.65. The second-order valence-electron chi connectivity index (χ2n) is 8.14. The minimum Gasteiger partial charge on any atom is -0.325 e. The van der Waals surface area contributed by atoms with Gasteiger partial charge in [-0.3, -0.25) is 9.69 Å². The maximum absolute atomic E-state index is 12.9. The average Bonchev–Trinajstić information content (AvgIpc) is 3.21. The number of benzene rings is 1. The molecule has 0 unspecified atom stereocenters. The fourth-order valence-electron chi connectivity index (χ4n) is 3.88. The monoisotopic (exact) mass is 464 g/mol. The van der Waals surface area contributed by atoms with E-state index < -0.39 is 10.0 Å². The first kappa shape index (κ1) is 23.8. The molecule has 7 nitrogen and oxygen atoms in total. The van der Waals surface area contributed by atoms with E-state index in [1.165, 1.54) is 10.7 Å². The van der Waals surface area contributed by atoms with E-state index in [1.54, 1.807) is 42.6 Å². The topological polar surface area (TPSA) is 82.6 Å². The van der Waals surface area contributed by atoms with Crippen LogP contribution in [0.1, 0.15) is 49.7 Å². The summed E-state index contributed by atoms with van der Waals surface area (Å²) in [5, 5.41) is 5.96. The second kappa shape index (κ2) is 10.7. The molecule has 1 N–H and O–H groups in total. The number of carbonyl (C=O) groups is 1. The van der Waals surface area contributed by atoms with Gasteiger partial charge in [0.2, 0.25) is 15.9 Å². The summed E-state index contributed by atoms with van der Waals surface area (Å²) in [5.74, 6) is -0.150. The molecule has 1 aromatic heterocycles. The fourth-order valence-corrected chi connectivity index (χ4v) is 6.03. The molecule has 1 heterocycles. The molecule has 0 aliphatic heterocycles.